The molecule has 0 aliphatic rings. The molecule has 0 saturated carbocycles. The topological polar surface area (TPSA) is 46.9 Å². The summed E-state index contributed by atoms with van der Waals surface area (Å²) in [5.41, 5.74) is 0. The summed E-state index contributed by atoms with van der Waals surface area (Å²) in [5.74, 6) is 0. The molecule has 0 amide bonds. The summed E-state index contributed by atoms with van der Waals surface area (Å²) in [4.78, 5) is 4.59. The zero-order valence-corrected chi connectivity index (χ0v) is 12.3. The highest BCUT2D eigenvalue weighted by Crippen LogP contribution is 2.04. The molecule has 4 heteroatoms. The Balaban J connectivity index is 3.49. The predicted octanol–water partition coefficient (Wildman–Crippen LogP) is 1.18. The number of nitrogens with zero attached hydrogens (tertiary/aromatic N) is 2. The third-order valence-corrected chi connectivity index (χ3v) is 3.09. The number of rotatable bonds is 13. The minimum absolute atomic E-state index is 0.262. The standard InChI is InChI=1S/C14H32N2O2/c1-15(2)9-5-3-4-6-10-16(11-7-13-17)12-8-14-18/h17-18H,3-14H2,1-2H3. The van der Waals surface area contributed by atoms with E-state index >= 15 is 0 Å². The van der Waals surface area contributed by atoms with Crippen LogP contribution in [0.2, 0.25) is 0 Å². The second-order valence-corrected chi connectivity index (χ2v) is 5.21. The molecule has 2 N–H and O–H groups in total. The first kappa shape index (κ1) is 17.8. The molecule has 0 aromatic rings. The van der Waals surface area contributed by atoms with Crippen molar-refractivity contribution in [1.82, 2.24) is 9.80 Å². The van der Waals surface area contributed by atoms with Gasteiger partial charge in [-0.3, -0.25) is 0 Å². The second-order valence-electron chi connectivity index (χ2n) is 5.21. The lowest BCUT2D eigenvalue weighted by Gasteiger charge is -2.21. The summed E-state index contributed by atoms with van der Waals surface area (Å²) in [7, 11) is 4.23. The third-order valence-electron chi connectivity index (χ3n) is 3.09. The van der Waals surface area contributed by atoms with Gasteiger partial charge in [-0.15, -0.1) is 0 Å². The maximum atomic E-state index is 8.85. The number of unbranched alkanes of at least 4 members (excludes halogenated alkanes) is 3. The maximum Gasteiger partial charge on any atom is 0.0443 e. The van der Waals surface area contributed by atoms with Crippen LogP contribution in [-0.2, 0) is 0 Å². The van der Waals surface area contributed by atoms with Gasteiger partial charge in [0.2, 0.25) is 0 Å². The second kappa shape index (κ2) is 13.3. The Labute approximate surface area is 113 Å². The van der Waals surface area contributed by atoms with Crippen molar-refractivity contribution in [3.8, 4) is 0 Å². The van der Waals surface area contributed by atoms with Crippen LogP contribution in [0.3, 0.4) is 0 Å². The van der Waals surface area contributed by atoms with Crippen LogP contribution in [0.1, 0.15) is 38.5 Å². The Bertz CT molecular complexity index is 158. The lowest BCUT2D eigenvalue weighted by molar-refractivity contribution is 0.199. The van der Waals surface area contributed by atoms with Crippen molar-refractivity contribution in [2.75, 3.05) is 53.5 Å². The largest absolute Gasteiger partial charge is 0.396 e. The Kier molecular flexibility index (Phi) is 13.2. The molecule has 0 aromatic heterocycles. The van der Waals surface area contributed by atoms with E-state index in [9.17, 15) is 0 Å². The highest BCUT2D eigenvalue weighted by molar-refractivity contribution is 4.59. The molecule has 0 aliphatic carbocycles. The minimum Gasteiger partial charge on any atom is -0.396 e. The molecule has 0 rings (SSSR count). The van der Waals surface area contributed by atoms with Gasteiger partial charge >= 0.3 is 0 Å². The van der Waals surface area contributed by atoms with Gasteiger partial charge in [0.1, 0.15) is 0 Å². The molecule has 0 atom stereocenters. The highest BCUT2D eigenvalue weighted by atomic mass is 16.3. The fourth-order valence-corrected chi connectivity index (χ4v) is 2.04. The summed E-state index contributed by atoms with van der Waals surface area (Å²) in [6.45, 7) is 4.71. The van der Waals surface area contributed by atoms with Crippen molar-refractivity contribution in [2.45, 2.75) is 38.5 Å². The van der Waals surface area contributed by atoms with Gasteiger partial charge in [0, 0.05) is 26.3 Å². The number of aliphatic hydroxyl groups is 2. The van der Waals surface area contributed by atoms with E-state index in [-0.39, 0.29) is 13.2 Å². The summed E-state index contributed by atoms with van der Waals surface area (Å²) < 4.78 is 0. The van der Waals surface area contributed by atoms with Crippen molar-refractivity contribution < 1.29 is 10.2 Å². The first-order valence-corrected chi connectivity index (χ1v) is 7.29. The Morgan fingerprint density at radius 3 is 1.50 bits per heavy atom. The summed E-state index contributed by atoms with van der Waals surface area (Å²) in [5, 5.41) is 17.7. The Hall–Kier alpha value is -0.160. The molecule has 0 spiro atoms. The van der Waals surface area contributed by atoms with E-state index in [1.807, 2.05) is 0 Å². The summed E-state index contributed by atoms with van der Waals surface area (Å²) in [6.07, 6.45) is 6.76. The van der Waals surface area contributed by atoms with E-state index in [0.717, 1.165) is 32.5 Å². The fourth-order valence-electron chi connectivity index (χ4n) is 2.04. The molecule has 0 aliphatic heterocycles. The van der Waals surface area contributed by atoms with E-state index in [1.54, 1.807) is 0 Å². The molecular formula is C14H32N2O2. The van der Waals surface area contributed by atoms with Crippen LogP contribution in [0, 0.1) is 0 Å². The van der Waals surface area contributed by atoms with Crippen molar-refractivity contribution in [2.24, 2.45) is 0 Å². The first-order chi connectivity index (χ1) is 8.70. The fraction of sp³-hybridized carbons (Fsp3) is 1.00. The average molecular weight is 260 g/mol. The van der Waals surface area contributed by atoms with Crippen LogP contribution in [0.25, 0.3) is 0 Å². The Morgan fingerprint density at radius 2 is 1.06 bits per heavy atom. The van der Waals surface area contributed by atoms with Crippen molar-refractivity contribution in [3.05, 3.63) is 0 Å². The van der Waals surface area contributed by atoms with Crippen LogP contribution in [0.4, 0.5) is 0 Å². The molecule has 0 saturated heterocycles. The minimum atomic E-state index is 0.262. The van der Waals surface area contributed by atoms with Gasteiger partial charge in [-0.2, -0.15) is 0 Å². The van der Waals surface area contributed by atoms with E-state index < -0.39 is 0 Å². The normalized spacial score (nSPS) is 11.7. The summed E-state index contributed by atoms with van der Waals surface area (Å²) in [6, 6.07) is 0. The van der Waals surface area contributed by atoms with E-state index in [2.05, 4.69) is 23.9 Å². The van der Waals surface area contributed by atoms with Crippen molar-refractivity contribution in [1.29, 1.82) is 0 Å². The summed E-state index contributed by atoms with van der Waals surface area (Å²) >= 11 is 0. The lowest BCUT2D eigenvalue weighted by Crippen LogP contribution is -2.28. The molecule has 0 fully saturated rings. The van der Waals surface area contributed by atoms with E-state index in [1.165, 1.54) is 32.2 Å². The monoisotopic (exact) mass is 260 g/mol. The van der Waals surface area contributed by atoms with Gasteiger partial charge in [0.25, 0.3) is 0 Å². The molecule has 0 heterocycles. The number of hydrogen-bond acceptors (Lipinski definition) is 4. The van der Waals surface area contributed by atoms with Gasteiger partial charge in [-0.25, -0.2) is 0 Å². The van der Waals surface area contributed by atoms with E-state index in [0.29, 0.717) is 0 Å². The van der Waals surface area contributed by atoms with Gasteiger partial charge in [-0.05, 0) is 52.9 Å². The van der Waals surface area contributed by atoms with E-state index in [4.69, 9.17) is 10.2 Å². The Morgan fingerprint density at radius 1 is 0.611 bits per heavy atom. The first-order valence-electron chi connectivity index (χ1n) is 7.29. The molecule has 0 bridgehead atoms. The van der Waals surface area contributed by atoms with Gasteiger partial charge < -0.3 is 20.0 Å². The number of hydrogen-bond donors (Lipinski definition) is 2. The lowest BCUT2D eigenvalue weighted by atomic mass is 10.2. The molecular weight excluding hydrogens is 228 g/mol. The zero-order chi connectivity index (χ0) is 13.6. The molecule has 4 nitrogen and oxygen atoms in total. The van der Waals surface area contributed by atoms with Gasteiger partial charge in [0.15, 0.2) is 0 Å². The smallest absolute Gasteiger partial charge is 0.0443 e. The van der Waals surface area contributed by atoms with Crippen LogP contribution in [0.5, 0.6) is 0 Å². The molecule has 110 valence electrons. The number of aliphatic hydroxyl groups excluding tert-OH is 2. The van der Waals surface area contributed by atoms with Crippen LogP contribution < -0.4 is 0 Å². The molecule has 0 radical (unpaired) electrons. The average Bonchev–Trinajstić information content (AvgIpc) is 2.35. The van der Waals surface area contributed by atoms with Crippen molar-refractivity contribution >= 4 is 0 Å². The molecule has 0 aromatic carbocycles. The van der Waals surface area contributed by atoms with Crippen LogP contribution in [-0.4, -0.2) is 73.5 Å². The van der Waals surface area contributed by atoms with Crippen LogP contribution in [0.15, 0.2) is 0 Å². The van der Waals surface area contributed by atoms with Crippen LogP contribution >= 0.6 is 0 Å². The van der Waals surface area contributed by atoms with Gasteiger partial charge in [0.05, 0.1) is 0 Å². The maximum absolute atomic E-state index is 8.85. The quantitative estimate of drug-likeness (QED) is 0.488. The SMILES string of the molecule is CN(C)CCCCCCN(CCCO)CCCO. The highest BCUT2D eigenvalue weighted by Gasteiger charge is 2.03. The zero-order valence-electron chi connectivity index (χ0n) is 12.3. The van der Waals surface area contributed by atoms with Gasteiger partial charge in [-0.1, -0.05) is 12.8 Å². The molecule has 0 unspecified atom stereocenters. The molecule has 18 heavy (non-hydrogen) atoms. The van der Waals surface area contributed by atoms with Crippen molar-refractivity contribution in [3.63, 3.8) is 0 Å². The third kappa shape index (κ3) is 12.3. The predicted molar refractivity (Wildman–Crippen MR) is 76.9 cm³/mol.